The van der Waals surface area contributed by atoms with Gasteiger partial charge in [-0.2, -0.15) is 5.10 Å². The minimum Gasteiger partial charge on any atom is -0.278 e. The molecule has 2 aromatic carbocycles. The molecule has 1 N–H and O–H groups in total. The highest BCUT2D eigenvalue weighted by molar-refractivity contribution is 5.92. The van der Waals surface area contributed by atoms with E-state index in [1.54, 1.807) is 0 Å². The van der Waals surface area contributed by atoms with E-state index in [1.807, 2.05) is 6.21 Å². The molecule has 0 amide bonds. The lowest BCUT2D eigenvalue weighted by atomic mass is 9.89. The van der Waals surface area contributed by atoms with Gasteiger partial charge < -0.3 is 0 Å². The van der Waals surface area contributed by atoms with Crippen LogP contribution in [0.25, 0.3) is 5.57 Å². The van der Waals surface area contributed by atoms with Crippen LogP contribution in [0.4, 0.5) is 5.69 Å². The lowest BCUT2D eigenvalue weighted by molar-refractivity contribution is 0.835. The van der Waals surface area contributed by atoms with E-state index in [4.69, 9.17) is 5.10 Å². The predicted molar refractivity (Wildman–Crippen MR) is 132 cm³/mol. The van der Waals surface area contributed by atoms with Gasteiger partial charge in [0.25, 0.3) is 0 Å². The zero-order chi connectivity index (χ0) is 22.0. The summed E-state index contributed by atoms with van der Waals surface area (Å²) in [5.41, 5.74) is 15.3. The number of rotatable bonds is 6. The van der Waals surface area contributed by atoms with Crippen LogP contribution in [0.3, 0.4) is 0 Å². The number of hydrogen-bond donors (Lipinski definition) is 1. The normalized spacial score (nSPS) is 17.2. The first-order chi connectivity index (χ1) is 14.2. The molecule has 30 heavy (non-hydrogen) atoms. The summed E-state index contributed by atoms with van der Waals surface area (Å²) in [5, 5.41) is 4.71. The van der Waals surface area contributed by atoms with Gasteiger partial charge in [-0.25, -0.2) is 0 Å². The van der Waals surface area contributed by atoms with Crippen LogP contribution in [-0.4, -0.2) is 6.21 Å². The molecule has 0 saturated heterocycles. The summed E-state index contributed by atoms with van der Waals surface area (Å²) in [7, 11) is 0. The number of hydrazone groups is 1. The zero-order valence-corrected chi connectivity index (χ0v) is 19.8. The fourth-order valence-electron chi connectivity index (χ4n) is 4.50. The van der Waals surface area contributed by atoms with Gasteiger partial charge in [0.05, 0.1) is 11.9 Å². The van der Waals surface area contributed by atoms with Crippen LogP contribution in [0.1, 0.15) is 89.5 Å². The average Bonchev–Trinajstić information content (AvgIpc) is 2.91. The second-order valence-electron chi connectivity index (χ2n) is 9.15. The third-order valence-electron chi connectivity index (χ3n) is 6.64. The van der Waals surface area contributed by atoms with Gasteiger partial charge in [-0.3, -0.25) is 5.43 Å². The van der Waals surface area contributed by atoms with E-state index in [9.17, 15) is 0 Å². The van der Waals surface area contributed by atoms with Gasteiger partial charge in [0.2, 0.25) is 0 Å². The van der Waals surface area contributed by atoms with Gasteiger partial charge >= 0.3 is 0 Å². The average molecular weight is 401 g/mol. The molecule has 2 nitrogen and oxygen atoms in total. The summed E-state index contributed by atoms with van der Waals surface area (Å²) in [4.78, 5) is 0. The highest BCUT2D eigenvalue weighted by Crippen LogP contribution is 2.43. The number of anilines is 1. The van der Waals surface area contributed by atoms with Gasteiger partial charge in [0, 0.05) is 11.5 Å². The Morgan fingerprint density at radius 2 is 1.43 bits per heavy atom. The van der Waals surface area contributed by atoms with Crippen molar-refractivity contribution in [2.75, 3.05) is 5.43 Å². The Balaban J connectivity index is 1.96. The van der Waals surface area contributed by atoms with Crippen LogP contribution in [0, 0.1) is 5.92 Å². The maximum absolute atomic E-state index is 4.71. The molecule has 0 heterocycles. The van der Waals surface area contributed by atoms with Gasteiger partial charge in [0.15, 0.2) is 0 Å². The number of nitrogens with zero attached hydrogens (tertiary/aromatic N) is 1. The van der Waals surface area contributed by atoms with Crippen molar-refractivity contribution in [3.8, 4) is 0 Å². The van der Waals surface area contributed by atoms with Crippen LogP contribution >= 0.6 is 0 Å². The first-order valence-corrected chi connectivity index (χ1v) is 11.1. The molecule has 0 fully saturated rings. The maximum Gasteiger partial charge on any atom is 0.0630 e. The molecule has 0 radical (unpaired) electrons. The lowest BCUT2D eigenvalue weighted by Gasteiger charge is -2.19. The molecule has 2 heteroatoms. The predicted octanol–water partition coefficient (Wildman–Crippen LogP) is 8.14. The standard InChI is InChI=1S/C28H36N2/c1-17(2)24-14-11-15-25(18(3)4)28(24)30-29-16-23-12-9-10-13-26(23)27-21(7)19(5)20(6)22(27)8/h9-18,21,30H,1-8H3/b29-16+. The molecule has 0 aromatic heterocycles. The Morgan fingerprint density at radius 1 is 0.833 bits per heavy atom. The Bertz CT molecular complexity index is 992. The molecule has 1 aliphatic carbocycles. The minimum atomic E-state index is 0.442. The molecular weight excluding hydrogens is 364 g/mol. The van der Waals surface area contributed by atoms with Crippen LogP contribution in [0.15, 0.2) is 64.3 Å². The molecule has 1 unspecified atom stereocenters. The van der Waals surface area contributed by atoms with Crippen molar-refractivity contribution < 1.29 is 0 Å². The van der Waals surface area contributed by atoms with E-state index >= 15 is 0 Å². The van der Waals surface area contributed by atoms with Crippen molar-refractivity contribution in [3.63, 3.8) is 0 Å². The number of para-hydroxylation sites is 1. The summed E-state index contributed by atoms with van der Waals surface area (Å²) < 4.78 is 0. The fraction of sp³-hybridized carbons (Fsp3) is 0.393. The minimum absolute atomic E-state index is 0.442. The molecule has 3 rings (SSSR count). The Labute approximate surface area is 182 Å². The molecule has 0 bridgehead atoms. The number of benzene rings is 2. The third-order valence-corrected chi connectivity index (χ3v) is 6.64. The van der Waals surface area contributed by atoms with E-state index in [0.29, 0.717) is 17.8 Å². The zero-order valence-electron chi connectivity index (χ0n) is 19.8. The molecule has 2 aromatic rings. The smallest absolute Gasteiger partial charge is 0.0630 e. The van der Waals surface area contributed by atoms with Crippen molar-refractivity contribution in [2.45, 2.75) is 67.2 Å². The van der Waals surface area contributed by atoms with E-state index < -0.39 is 0 Å². The van der Waals surface area contributed by atoms with Gasteiger partial charge in [-0.15, -0.1) is 0 Å². The first-order valence-electron chi connectivity index (χ1n) is 11.1. The molecule has 0 spiro atoms. The molecule has 0 saturated carbocycles. The summed E-state index contributed by atoms with van der Waals surface area (Å²) in [6.07, 6.45) is 1.98. The van der Waals surface area contributed by atoms with Crippen LogP contribution < -0.4 is 5.43 Å². The largest absolute Gasteiger partial charge is 0.278 e. The van der Waals surface area contributed by atoms with Crippen LogP contribution in [0.5, 0.6) is 0 Å². The van der Waals surface area contributed by atoms with Crippen molar-refractivity contribution in [3.05, 3.63) is 81.4 Å². The Morgan fingerprint density at radius 3 is 1.97 bits per heavy atom. The summed E-state index contributed by atoms with van der Waals surface area (Å²) >= 11 is 0. The topological polar surface area (TPSA) is 24.4 Å². The van der Waals surface area contributed by atoms with E-state index in [-0.39, 0.29) is 0 Å². The number of allylic oxidation sites excluding steroid dienone is 4. The van der Waals surface area contributed by atoms with Crippen LogP contribution in [0.2, 0.25) is 0 Å². The summed E-state index contributed by atoms with van der Waals surface area (Å²) in [6, 6.07) is 15.2. The maximum atomic E-state index is 4.71. The monoisotopic (exact) mass is 400 g/mol. The van der Waals surface area contributed by atoms with Gasteiger partial charge in [0.1, 0.15) is 0 Å². The van der Waals surface area contributed by atoms with Crippen molar-refractivity contribution >= 4 is 17.5 Å². The molecule has 1 aliphatic rings. The molecule has 158 valence electrons. The van der Waals surface area contributed by atoms with Crippen molar-refractivity contribution in [1.82, 2.24) is 0 Å². The Hall–Kier alpha value is -2.61. The highest BCUT2D eigenvalue weighted by Gasteiger charge is 2.25. The Kier molecular flexibility index (Phi) is 6.65. The number of hydrogen-bond acceptors (Lipinski definition) is 2. The quantitative estimate of drug-likeness (QED) is 0.384. The van der Waals surface area contributed by atoms with Crippen molar-refractivity contribution in [2.24, 2.45) is 11.0 Å². The highest BCUT2D eigenvalue weighted by atomic mass is 15.3. The molecule has 0 aliphatic heterocycles. The van der Waals surface area contributed by atoms with Crippen molar-refractivity contribution in [1.29, 1.82) is 0 Å². The second kappa shape index (κ2) is 9.04. The second-order valence-corrected chi connectivity index (χ2v) is 9.15. The van der Waals surface area contributed by atoms with E-state index in [1.165, 1.54) is 39.0 Å². The van der Waals surface area contributed by atoms with E-state index in [2.05, 4.69) is 103 Å². The fourth-order valence-corrected chi connectivity index (χ4v) is 4.50. The number of nitrogens with one attached hydrogen (secondary N) is 1. The molecular formula is C28H36N2. The van der Waals surface area contributed by atoms with Gasteiger partial charge in [-0.1, -0.05) is 82.7 Å². The van der Waals surface area contributed by atoms with E-state index in [0.717, 1.165) is 11.3 Å². The molecule has 1 atom stereocenters. The van der Waals surface area contributed by atoms with Gasteiger partial charge in [-0.05, 0) is 66.0 Å². The van der Waals surface area contributed by atoms with Crippen LogP contribution in [-0.2, 0) is 0 Å². The summed E-state index contributed by atoms with van der Waals surface area (Å²) in [6.45, 7) is 18.0. The summed E-state index contributed by atoms with van der Waals surface area (Å²) in [5.74, 6) is 1.33. The first kappa shape index (κ1) is 22.1. The third kappa shape index (κ3) is 4.14. The lowest BCUT2D eigenvalue weighted by Crippen LogP contribution is -2.04. The SMILES string of the molecule is CC1=C(C)C(C)C(c2ccccc2/C=N/Nc2c(C(C)C)cccc2C(C)C)=C1C.